The third kappa shape index (κ3) is 4.18. The molecule has 142 valence electrons. The van der Waals surface area contributed by atoms with Gasteiger partial charge in [-0.3, -0.25) is 15.0 Å². The van der Waals surface area contributed by atoms with Crippen LogP contribution in [0.2, 0.25) is 0 Å². The highest BCUT2D eigenvalue weighted by Crippen LogP contribution is 2.22. The van der Waals surface area contributed by atoms with Gasteiger partial charge in [0.2, 0.25) is 10.0 Å². The predicted molar refractivity (Wildman–Crippen MR) is 104 cm³/mol. The summed E-state index contributed by atoms with van der Waals surface area (Å²) < 4.78 is 28.5. The van der Waals surface area contributed by atoms with E-state index in [2.05, 4.69) is 24.8 Å². The van der Waals surface area contributed by atoms with Crippen molar-refractivity contribution in [2.24, 2.45) is 5.92 Å². The number of H-pyrrole nitrogens is 1. The molecule has 1 aliphatic heterocycles. The number of piperidine rings is 1. The van der Waals surface area contributed by atoms with Gasteiger partial charge in [-0.25, -0.2) is 13.1 Å². The van der Waals surface area contributed by atoms with Crippen LogP contribution >= 0.6 is 0 Å². The molecule has 3 heterocycles. The van der Waals surface area contributed by atoms with Gasteiger partial charge in [0.1, 0.15) is 4.90 Å². The van der Waals surface area contributed by atoms with Crippen LogP contribution in [0.3, 0.4) is 0 Å². The number of likely N-dealkylation sites (tertiary alicyclic amines) is 1. The molecule has 1 aromatic carbocycles. The van der Waals surface area contributed by atoms with Gasteiger partial charge in [0.05, 0.1) is 5.52 Å². The summed E-state index contributed by atoms with van der Waals surface area (Å²) in [5.74, 6) is 0.291. The predicted octanol–water partition coefficient (Wildman–Crippen LogP) is 2.15. The van der Waals surface area contributed by atoms with E-state index in [1.807, 2.05) is 24.3 Å². The lowest BCUT2D eigenvalue weighted by molar-refractivity contribution is 0.167. The fraction of sp³-hybridized carbons (Fsp3) is 0.368. The fourth-order valence-electron chi connectivity index (χ4n) is 3.67. The second-order valence-electron chi connectivity index (χ2n) is 7.01. The van der Waals surface area contributed by atoms with Crippen molar-refractivity contribution < 1.29 is 8.42 Å². The van der Waals surface area contributed by atoms with E-state index in [0.717, 1.165) is 43.6 Å². The molecule has 8 heteroatoms. The van der Waals surface area contributed by atoms with Crippen LogP contribution in [0.1, 0.15) is 18.5 Å². The molecule has 0 bridgehead atoms. The third-order valence-electron chi connectivity index (χ3n) is 5.00. The Morgan fingerprint density at radius 2 is 2.07 bits per heavy atom. The van der Waals surface area contributed by atoms with Crippen LogP contribution in [0, 0.1) is 5.92 Å². The van der Waals surface area contributed by atoms with Gasteiger partial charge >= 0.3 is 0 Å². The monoisotopic (exact) mass is 385 g/mol. The Kier molecular flexibility index (Phi) is 5.20. The molecule has 0 saturated carbocycles. The van der Waals surface area contributed by atoms with E-state index in [1.165, 1.54) is 0 Å². The SMILES string of the molecule is O=S(=O)(NCC1CCCN(Cc2ccn[nH]2)C1)c1cccc2cccnc12. The third-order valence-corrected chi connectivity index (χ3v) is 6.46. The number of sulfonamides is 1. The molecule has 2 N–H and O–H groups in total. The molecule has 1 fully saturated rings. The van der Waals surface area contributed by atoms with Crippen molar-refractivity contribution in [3.8, 4) is 0 Å². The Hall–Kier alpha value is -2.29. The Labute approximate surface area is 158 Å². The van der Waals surface area contributed by atoms with Crippen molar-refractivity contribution in [3.05, 3.63) is 54.5 Å². The molecule has 3 aromatic rings. The molecule has 1 aliphatic rings. The van der Waals surface area contributed by atoms with Crippen LogP contribution in [-0.4, -0.2) is 48.1 Å². The molecule has 0 amide bonds. The molecule has 1 atom stereocenters. The average molecular weight is 385 g/mol. The standard InChI is InChI=1S/C19H23N5O2S/c25-27(26,18-7-1-5-16-6-2-9-20-19(16)18)22-12-15-4-3-11-24(13-15)14-17-8-10-21-23-17/h1-2,5-10,15,22H,3-4,11-14H2,(H,21,23). The number of fused-ring (bicyclic) bond motifs is 1. The maximum absolute atomic E-state index is 12.8. The zero-order valence-corrected chi connectivity index (χ0v) is 15.8. The number of aromatic nitrogens is 3. The second kappa shape index (κ2) is 7.75. The van der Waals surface area contributed by atoms with Crippen LogP contribution < -0.4 is 4.72 Å². The summed E-state index contributed by atoms with van der Waals surface area (Å²) in [4.78, 5) is 6.84. The quantitative estimate of drug-likeness (QED) is 0.678. The number of nitrogens with zero attached hydrogens (tertiary/aromatic N) is 3. The topological polar surface area (TPSA) is 91.0 Å². The van der Waals surface area contributed by atoms with Gasteiger partial charge in [-0.1, -0.05) is 18.2 Å². The minimum Gasteiger partial charge on any atom is -0.297 e. The van der Waals surface area contributed by atoms with Crippen LogP contribution in [0.15, 0.2) is 53.7 Å². The van der Waals surface area contributed by atoms with E-state index in [1.54, 1.807) is 24.5 Å². The number of hydrogen-bond donors (Lipinski definition) is 2. The molecular formula is C19H23N5O2S. The number of benzene rings is 1. The zero-order chi connectivity index (χ0) is 18.7. The fourth-order valence-corrected chi connectivity index (χ4v) is 4.97. The largest absolute Gasteiger partial charge is 0.297 e. The zero-order valence-electron chi connectivity index (χ0n) is 15.0. The lowest BCUT2D eigenvalue weighted by Gasteiger charge is -2.32. The van der Waals surface area contributed by atoms with Crippen molar-refractivity contribution in [1.82, 2.24) is 24.8 Å². The normalized spacial score (nSPS) is 18.7. The smallest absolute Gasteiger partial charge is 0.242 e. The number of nitrogens with one attached hydrogen (secondary N) is 2. The molecule has 4 rings (SSSR count). The first-order chi connectivity index (χ1) is 13.1. The van der Waals surface area contributed by atoms with Crippen LogP contribution in [-0.2, 0) is 16.6 Å². The maximum atomic E-state index is 12.8. The molecule has 2 aromatic heterocycles. The number of pyridine rings is 1. The summed E-state index contributed by atoms with van der Waals surface area (Å²) in [6, 6.07) is 10.9. The van der Waals surface area contributed by atoms with Gasteiger partial charge in [-0.2, -0.15) is 5.10 Å². The van der Waals surface area contributed by atoms with E-state index in [4.69, 9.17) is 0 Å². The van der Waals surface area contributed by atoms with Crippen LogP contribution in [0.5, 0.6) is 0 Å². The van der Waals surface area contributed by atoms with Crippen molar-refractivity contribution in [1.29, 1.82) is 0 Å². The molecule has 0 spiro atoms. The van der Waals surface area contributed by atoms with E-state index >= 15 is 0 Å². The molecule has 1 saturated heterocycles. The second-order valence-corrected chi connectivity index (χ2v) is 8.74. The Bertz CT molecular complexity index is 999. The lowest BCUT2D eigenvalue weighted by atomic mass is 9.98. The van der Waals surface area contributed by atoms with Crippen molar-refractivity contribution in [2.45, 2.75) is 24.3 Å². The van der Waals surface area contributed by atoms with Crippen molar-refractivity contribution >= 4 is 20.9 Å². The molecule has 1 unspecified atom stereocenters. The highest BCUT2D eigenvalue weighted by molar-refractivity contribution is 7.89. The Morgan fingerprint density at radius 1 is 1.19 bits per heavy atom. The number of rotatable bonds is 6. The number of para-hydroxylation sites is 1. The van der Waals surface area contributed by atoms with Gasteiger partial charge in [-0.15, -0.1) is 0 Å². The lowest BCUT2D eigenvalue weighted by Crippen LogP contribution is -2.40. The van der Waals surface area contributed by atoms with E-state index in [9.17, 15) is 8.42 Å². The first-order valence-electron chi connectivity index (χ1n) is 9.16. The summed E-state index contributed by atoms with van der Waals surface area (Å²) >= 11 is 0. The molecule has 7 nitrogen and oxygen atoms in total. The van der Waals surface area contributed by atoms with Gasteiger partial charge in [0, 0.05) is 43.1 Å². The van der Waals surface area contributed by atoms with Crippen molar-refractivity contribution in [2.75, 3.05) is 19.6 Å². The summed E-state index contributed by atoms with van der Waals surface area (Å²) in [5.41, 5.74) is 1.59. The average Bonchev–Trinajstić information content (AvgIpc) is 3.19. The van der Waals surface area contributed by atoms with Gasteiger partial charge < -0.3 is 0 Å². The van der Waals surface area contributed by atoms with E-state index in [-0.39, 0.29) is 4.90 Å². The highest BCUT2D eigenvalue weighted by Gasteiger charge is 2.24. The van der Waals surface area contributed by atoms with E-state index in [0.29, 0.717) is 18.0 Å². The molecule has 0 radical (unpaired) electrons. The Morgan fingerprint density at radius 3 is 2.93 bits per heavy atom. The van der Waals surface area contributed by atoms with Gasteiger partial charge in [0.25, 0.3) is 0 Å². The summed E-state index contributed by atoms with van der Waals surface area (Å²) in [7, 11) is -3.60. The molecule has 0 aliphatic carbocycles. The molecule has 27 heavy (non-hydrogen) atoms. The molecular weight excluding hydrogens is 362 g/mol. The van der Waals surface area contributed by atoms with Crippen LogP contribution in [0.25, 0.3) is 10.9 Å². The Balaban J connectivity index is 1.42. The maximum Gasteiger partial charge on any atom is 0.242 e. The number of hydrogen-bond acceptors (Lipinski definition) is 5. The first-order valence-corrected chi connectivity index (χ1v) is 10.6. The first kappa shape index (κ1) is 18.1. The minimum absolute atomic E-state index is 0.241. The minimum atomic E-state index is -3.60. The van der Waals surface area contributed by atoms with E-state index < -0.39 is 10.0 Å². The summed E-state index contributed by atoms with van der Waals surface area (Å²) in [6.45, 7) is 3.15. The number of aromatic amines is 1. The summed E-state index contributed by atoms with van der Waals surface area (Å²) in [6.07, 6.45) is 5.46. The van der Waals surface area contributed by atoms with Gasteiger partial charge in [0.15, 0.2) is 0 Å². The summed E-state index contributed by atoms with van der Waals surface area (Å²) in [5, 5.41) is 7.79. The highest BCUT2D eigenvalue weighted by atomic mass is 32.2. The van der Waals surface area contributed by atoms with Crippen molar-refractivity contribution in [3.63, 3.8) is 0 Å². The van der Waals surface area contributed by atoms with Crippen LogP contribution in [0.4, 0.5) is 0 Å². The van der Waals surface area contributed by atoms with Gasteiger partial charge in [-0.05, 0) is 43.5 Å².